The first-order chi connectivity index (χ1) is 14.0. The molecule has 2 N–H and O–H groups in total. The molecule has 0 aliphatic heterocycles. The smallest absolute Gasteiger partial charge is 0.254 e. The van der Waals surface area contributed by atoms with E-state index in [1.165, 1.54) is 4.68 Å². The maximum atomic E-state index is 13.2. The Morgan fingerprint density at radius 2 is 2.03 bits per heavy atom. The Bertz CT molecular complexity index is 1030. The quantitative estimate of drug-likeness (QED) is 0.672. The van der Waals surface area contributed by atoms with Crippen LogP contribution in [0, 0.1) is 0 Å². The summed E-state index contributed by atoms with van der Waals surface area (Å²) in [5, 5.41) is 4.23. The van der Waals surface area contributed by atoms with Crippen molar-refractivity contribution in [1.82, 2.24) is 19.7 Å². The predicted octanol–water partition coefficient (Wildman–Crippen LogP) is 2.80. The number of hydrogen-bond acceptors (Lipinski definition) is 4. The van der Waals surface area contributed by atoms with E-state index in [1.807, 2.05) is 41.3 Å². The Balaban J connectivity index is 1.57. The van der Waals surface area contributed by atoms with E-state index in [-0.39, 0.29) is 11.9 Å². The molecule has 1 fully saturated rings. The lowest BCUT2D eigenvalue weighted by Crippen LogP contribution is -2.32. The van der Waals surface area contributed by atoms with Gasteiger partial charge in [-0.1, -0.05) is 18.2 Å². The van der Waals surface area contributed by atoms with Crippen molar-refractivity contribution < 1.29 is 9.59 Å². The SMILES string of the molecule is C[C@H](C(N)=O)n1cc(-c2cccc(C(=O)N(Cc3cccnc3)C3CC3)c2)cn1. The molecule has 3 aromatic rings. The Morgan fingerprint density at radius 1 is 1.21 bits per heavy atom. The van der Waals surface area contributed by atoms with Crippen LogP contribution < -0.4 is 5.73 Å². The number of nitrogens with zero attached hydrogens (tertiary/aromatic N) is 4. The van der Waals surface area contributed by atoms with Gasteiger partial charge in [0.05, 0.1) is 6.20 Å². The molecule has 0 spiro atoms. The highest BCUT2D eigenvalue weighted by Gasteiger charge is 2.33. The molecule has 0 bridgehead atoms. The van der Waals surface area contributed by atoms with E-state index < -0.39 is 11.9 Å². The molecule has 2 heterocycles. The number of aromatic nitrogens is 3. The molecule has 0 radical (unpaired) electrons. The second-order valence-corrected chi connectivity index (χ2v) is 7.39. The van der Waals surface area contributed by atoms with E-state index >= 15 is 0 Å². The first-order valence-corrected chi connectivity index (χ1v) is 9.66. The minimum Gasteiger partial charge on any atom is -0.368 e. The molecule has 7 nitrogen and oxygen atoms in total. The maximum absolute atomic E-state index is 13.2. The topological polar surface area (TPSA) is 94.1 Å². The van der Waals surface area contributed by atoms with Gasteiger partial charge in [0, 0.05) is 42.3 Å². The summed E-state index contributed by atoms with van der Waals surface area (Å²) in [6.45, 7) is 2.25. The zero-order valence-electron chi connectivity index (χ0n) is 16.2. The summed E-state index contributed by atoms with van der Waals surface area (Å²) >= 11 is 0. The van der Waals surface area contributed by atoms with Gasteiger partial charge in [-0.15, -0.1) is 0 Å². The number of nitrogens with two attached hydrogens (primary N) is 1. The standard InChI is InChI=1S/C22H23N5O2/c1-15(21(23)28)27-14-19(12-25-27)17-5-2-6-18(10-17)22(29)26(20-7-8-20)13-16-4-3-9-24-11-16/h2-6,9-12,14-15,20H,7-8,13H2,1H3,(H2,23,28)/t15-/m1/s1. The molecule has 7 heteroatoms. The fourth-order valence-corrected chi connectivity index (χ4v) is 3.27. The van der Waals surface area contributed by atoms with E-state index in [0.717, 1.165) is 29.5 Å². The van der Waals surface area contributed by atoms with Crippen LogP contribution in [0.4, 0.5) is 0 Å². The Labute approximate surface area is 169 Å². The lowest BCUT2D eigenvalue weighted by Gasteiger charge is -2.22. The van der Waals surface area contributed by atoms with Crippen molar-refractivity contribution in [2.75, 3.05) is 0 Å². The third kappa shape index (κ3) is 4.18. The molecule has 1 aliphatic rings. The molecule has 0 unspecified atom stereocenters. The first-order valence-electron chi connectivity index (χ1n) is 9.66. The van der Waals surface area contributed by atoms with Gasteiger partial charge in [-0.05, 0) is 49.1 Å². The van der Waals surface area contributed by atoms with Gasteiger partial charge in [0.25, 0.3) is 5.91 Å². The highest BCUT2D eigenvalue weighted by molar-refractivity contribution is 5.95. The molecule has 1 atom stereocenters. The number of pyridine rings is 1. The van der Waals surface area contributed by atoms with Crippen molar-refractivity contribution in [3.05, 3.63) is 72.3 Å². The molecule has 1 aliphatic carbocycles. The number of carbonyl (C=O) groups is 2. The average molecular weight is 389 g/mol. The van der Waals surface area contributed by atoms with Gasteiger partial charge >= 0.3 is 0 Å². The molecule has 2 amide bonds. The number of carbonyl (C=O) groups excluding carboxylic acids is 2. The summed E-state index contributed by atoms with van der Waals surface area (Å²) < 4.78 is 1.53. The number of primary amides is 1. The normalized spacial score (nSPS) is 14.4. The number of benzene rings is 1. The third-order valence-electron chi connectivity index (χ3n) is 5.18. The monoisotopic (exact) mass is 389 g/mol. The molecule has 2 aromatic heterocycles. The Hall–Kier alpha value is -3.48. The van der Waals surface area contributed by atoms with E-state index in [1.54, 1.807) is 31.7 Å². The zero-order valence-corrected chi connectivity index (χ0v) is 16.2. The van der Waals surface area contributed by atoms with Crippen LogP contribution in [0.5, 0.6) is 0 Å². The fourth-order valence-electron chi connectivity index (χ4n) is 3.27. The number of rotatable bonds is 7. The third-order valence-corrected chi connectivity index (χ3v) is 5.18. The summed E-state index contributed by atoms with van der Waals surface area (Å²) in [4.78, 5) is 30.7. The van der Waals surface area contributed by atoms with E-state index in [9.17, 15) is 9.59 Å². The minimum absolute atomic E-state index is 0.0103. The molecular weight excluding hydrogens is 366 g/mol. The second kappa shape index (κ2) is 7.87. The van der Waals surface area contributed by atoms with Gasteiger partial charge in [-0.2, -0.15) is 5.10 Å². The van der Waals surface area contributed by atoms with Gasteiger partial charge in [0.2, 0.25) is 5.91 Å². The van der Waals surface area contributed by atoms with Gasteiger partial charge in [-0.25, -0.2) is 0 Å². The van der Waals surface area contributed by atoms with Gasteiger partial charge < -0.3 is 10.6 Å². The van der Waals surface area contributed by atoms with Crippen LogP contribution in [0.25, 0.3) is 11.1 Å². The van der Waals surface area contributed by atoms with Crippen molar-refractivity contribution in [2.24, 2.45) is 5.73 Å². The summed E-state index contributed by atoms with van der Waals surface area (Å²) in [6.07, 6.45) is 9.04. The van der Waals surface area contributed by atoms with Crippen LogP contribution in [0.1, 0.15) is 41.7 Å². The van der Waals surface area contributed by atoms with Crippen molar-refractivity contribution in [3.8, 4) is 11.1 Å². The lowest BCUT2D eigenvalue weighted by molar-refractivity contribution is -0.120. The summed E-state index contributed by atoms with van der Waals surface area (Å²) in [5.74, 6) is -0.435. The molecule has 4 rings (SSSR count). The van der Waals surface area contributed by atoms with Crippen LogP contribution in [0.15, 0.2) is 61.2 Å². The van der Waals surface area contributed by atoms with Crippen molar-refractivity contribution >= 4 is 11.8 Å². The van der Waals surface area contributed by atoms with Crippen molar-refractivity contribution in [2.45, 2.75) is 38.4 Å². The van der Waals surface area contributed by atoms with Crippen LogP contribution in [0.2, 0.25) is 0 Å². The molecule has 1 saturated carbocycles. The van der Waals surface area contributed by atoms with Crippen LogP contribution in [-0.2, 0) is 11.3 Å². The van der Waals surface area contributed by atoms with Crippen LogP contribution >= 0.6 is 0 Å². The maximum Gasteiger partial charge on any atom is 0.254 e. The predicted molar refractivity (Wildman–Crippen MR) is 109 cm³/mol. The van der Waals surface area contributed by atoms with Gasteiger partial charge in [0.15, 0.2) is 0 Å². The Kier molecular flexibility index (Phi) is 5.12. The van der Waals surface area contributed by atoms with Crippen molar-refractivity contribution in [3.63, 3.8) is 0 Å². The first kappa shape index (κ1) is 18.9. The molecule has 1 aromatic carbocycles. The molecular formula is C22H23N5O2. The average Bonchev–Trinajstić information content (AvgIpc) is 3.47. The van der Waals surface area contributed by atoms with Gasteiger partial charge in [-0.3, -0.25) is 19.3 Å². The summed E-state index contributed by atoms with van der Waals surface area (Å²) in [7, 11) is 0. The number of amides is 2. The number of hydrogen-bond donors (Lipinski definition) is 1. The second-order valence-electron chi connectivity index (χ2n) is 7.39. The molecule has 29 heavy (non-hydrogen) atoms. The lowest BCUT2D eigenvalue weighted by atomic mass is 10.1. The Morgan fingerprint density at radius 3 is 2.72 bits per heavy atom. The highest BCUT2D eigenvalue weighted by Crippen LogP contribution is 2.30. The fraction of sp³-hybridized carbons (Fsp3) is 0.273. The van der Waals surface area contributed by atoms with Crippen LogP contribution in [0.3, 0.4) is 0 Å². The van der Waals surface area contributed by atoms with E-state index in [4.69, 9.17) is 5.73 Å². The van der Waals surface area contributed by atoms with Gasteiger partial charge in [0.1, 0.15) is 6.04 Å². The zero-order chi connectivity index (χ0) is 20.4. The highest BCUT2D eigenvalue weighted by atomic mass is 16.2. The summed E-state index contributed by atoms with van der Waals surface area (Å²) in [5.41, 5.74) is 8.71. The molecule has 148 valence electrons. The largest absolute Gasteiger partial charge is 0.368 e. The molecule has 0 saturated heterocycles. The summed E-state index contributed by atoms with van der Waals surface area (Å²) in [6, 6.07) is 11.1. The minimum atomic E-state index is -0.529. The van der Waals surface area contributed by atoms with Crippen LogP contribution in [-0.4, -0.2) is 37.5 Å². The van der Waals surface area contributed by atoms with Crippen molar-refractivity contribution in [1.29, 1.82) is 0 Å². The van der Waals surface area contributed by atoms with E-state index in [0.29, 0.717) is 12.1 Å². The van der Waals surface area contributed by atoms with E-state index in [2.05, 4.69) is 10.1 Å².